The first kappa shape index (κ1) is 53.9. The van der Waals surface area contributed by atoms with Crippen LogP contribution in [0.4, 0.5) is 0 Å². The summed E-state index contributed by atoms with van der Waals surface area (Å²) < 4.78 is 13.5. The molecule has 0 aliphatic carbocycles. The van der Waals surface area contributed by atoms with Crippen LogP contribution >= 0.6 is 0 Å². The Morgan fingerprint density at radius 2 is 0.905 bits per heavy atom. The summed E-state index contributed by atoms with van der Waals surface area (Å²) in [7, 11) is -2.93. The maximum atomic E-state index is 6.88. The number of pyridine rings is 2. The number of nitrogens with zero attached hydrogens (tertiary/aromatic N) is 5. The highest BCUT2D eigenvalue weighted by Crippen LogP contribution is 2.41. The minimum absolute atomic E-state index is 0.0413. The van der Waals surface area contributed by atoms with Gasteiger partial charge in [-0.25, -0.2) is 4.98 Å². The molecular formula is C77H69N5OSi. The Morgan fingerprint density at radius 3 is 1.55 bits per heavy atom. The van der Waals surface area contributed by atoms with Crippen LogP contribution in [0.25, 0.3) is 72.4 Å². The summed E-state index contributed by atoms with van der Waals surface area (Å²) in [5.74, 6) is 2.91. The van der Waals surface area contributed by atoms with Crippen LogP contribution in [0.2, 0.25) is 0 Å². The van der Waals surface area contributed by atoms with Gasteiger partial charge in [-0.2, -0.15) is 0 Å². The minimum Gasteiger partial charge on any atom is -0.458 e. The first-order valence-electron chi connectivity index (χ1n) is 29.2. The molecule has 0 aliphatic rings. The molecule has 13 aromatic rings. The maximum absolute atomic E-state index is 6.88. The summed E-state index contributed by atoms with van der Waals surface area (Å²) in [6, 6.07) is 88.8. The van der Waals surface area contributed by atoms with Gasteiger partial charge < -0.3 is 4.74 Å². The second-order valence-electron chi connectivity index (χ2n) is 25.3. The molecule has 0 aliphatic heterocycles. The average molecular weight is 1110 g/mol. The zero-order valence-corrected chi connectivity index (χ0v) is 50.4. The molecule has 412 valence electrons. The minimum atomic E-state index is -2.93. The summed E-state index contributed by atoms with van der Waals surface area (Å²) in [4.78, 5) is 10.0. The molecule has 0 amide bonds. The molecule has 9 aromatic carbocycles. The van der Waals surface area contributed by atoms with Crippen LogP contribution in [0.3, 0.4) is 0 Å². The van der Waals surface area contributed by atoms with E-state index >= 15 is 0 Å². The third kappa shape index (κ3) is 9.72. The average Bonchev–Trinajstić information content (AvgIpc) is 2.83. The molecule has 0 atom stereocenters. The second kappa shape index (κ2) is 21.1. The van der Waals surface area contributed by atoms with Crippen LogP contribution < -0.4 is 30.1 Å². The van der Waals surface area contributed by atoms with E-state index in [0.29, 0.717) is 17.3 Å². The van der Waals surface area contributed by atoms with E-state index in [1.165, 1.54) is 37.4 Å². The molecule has 0 saturated carbocycles. The van der Waals surface area contributed by atoms with E-state index in [4.69, 9.17) is 14.7 Å². The van der Waals surface area contributed by atoms with Crippen molar-refractivity contribution < 1.29 is 9.30 Å². The van der Waals surface area contributed by atoms with Crippen LogP contribution in [-0.4, -0.2) is 27.2 Å². The molecule has 84 heavy (non-hydrogen) atoms. The largest absolute Gasteiger partial charge is 0.458 e. The highest BCUT2D eigenvalue weighted by molar-refractivity contribution is 7.19. The van der Waals surface area contributed by atoms with Crippen molar-refractivity contribution in [1.82, 2.24) is 19.1 Å². The molecule has 13 rings (SSSR count). The van der Waals surface area contributed by atoms with Crippen molar-refractivity contribution in [3.05, 3.63) is 278 Å². The third-order valence-electron chi connectivity index (χ3n) is 16.7. The van der Waals surface area contributed by atoms with Gasteiger partial charge in [-0.1, -0.05) is 256 Å². The van der Waals surface area contributed by atoms with Crippen molar-refractivity contribution >= 4 is 61.7 Å². The summed E-state index contributed by atoms with van der Waals surface area (Å²) in [5, 5.41) is 7.58. The molecule has 0 saturated heterocycles. The number of benzene rings is 9. The molecule has 0 fully saturated rings. The Bertz CT molecular complexity index is 4480. The number of hydrogen-bond donors (Lipinski definition) is 0. The third-order valence-corrected chi connectivity index (χ3v) is 21.5. The van der Waals surface area contributed by atoms with Gasteiger partial charge in [0.1, 0.15) is 17.3 Å². The first-order chi connectivity index (χ1) is 40.5. The zero-order valence-electron chi connectivity index (χ0n) is 49.4. The number of rotatable bonds is 11. The lowest BCUT2D eigenvalue weighted by Crippen LogP contribution is -2.74. The zero-order chi connectivity index (χ0) is 58.0. The van der Waals surface area contributed by atoms with Gasteiger partial charge in [0.25, 0.3) is 6.33 Å². The Balaban J connectivity index is 1.01. The lowest BCUT2D eigenvalue weighted by Gasteiger charge is -2.35. The van der Waals surface area contributed by atoms with Gasteiger partial charge in [-0.15, -0.1) is 0 Å². The number of ether oxygens (including phenoxy) is 1. The van der Waals surface area contributed by atoms with Crippen LogP contribution in [0.15, 0.2) is 255 Å². The second-order valence-corrected chi connectivity index (χ2v) is 29.1. The van der Waals surface area contributed by atoms with Gasteiger partial charge in [-0.05, 0) is 112 Å². The van der Waals surface area contributed by atoms with E-state index in [2.05, 4.69) is 313 Å². The monoisotopic (exact) mass is 1110 g/mol. The molecule has 4 heterocycles. The molecule has 6 nitrogen and oxygen atoms in total. The fourth-order valence-corrected chi connectivity index (χ4v) is 17.1. The maximum Gasteiger partial charge on any atom is 0.271 e. The summed E-state index contributed by atoms with van der Waals surface area (Å²) in [6.45, 7) is 20.6. The molecule has 4 aromatic heterocycles. The van der Waals surface area contributed by atoms with Gasteiger partial charge in [-0.3, -0.25) is 18.7 Å². The Labute approximate surface area is 495 Å². The van der Waals surface area contributed by atoms with Gasteiger partial charge in [0.05, 0.1) is 27.8 Å². The number of aromatic nitrogens is 5. The van der Waals surface area contributed by atoms with E-state index in [1.54, 1.807) is 0 Å². The van der Waals surface area contributed by atoms with Crippen LogP contribution in [0.5, 0.6) is 11.5 Å². The number of hydrogen-bond acceptors (Lipinski definition) is 3. The number of fused-ring (bicyclic) bond motifs is 4. The number of para-hydroxylation sites is 3. The van der Waals surface area contributed by atoms with E-state index in [1.807, 2.05) is 24.5 Å². The topological polar surface area (TPSA) is 48.8 Å². The predicted octanol–water partition coefficient (Wildman–Crippen LogP) is 16.0. The number of imidazole rings is 1. The van der Waals surface area contributed by atoms with Crippen LogP contribution in [-0.2, 0) is 16.2 Å². The predicted molar refractivity (Wildman–Crippen MR) is 351 cm³/mol. The Kier molecular flexibility index (Phi) is 13.5. The van der Waals surface area contributed by atoms with E-state index in [0.717, 1.165) is 66.6 Å². The standard InChI is InChI=1S/C77H69N5OSi/c1-75(2,3)55-27-23-25-53(45-55)66-47-57(77(7,8)9)48-67(54-26-24-34-63(46-54)84(60-28-13-10-14-29-60,61-30-15-11-16-31-61)62-32-17-12-18-33-62)74(66)81-52-80(69-37-21-22-38-70(69)81)72-51-59(42-44-78-72)83-58-39-40-65-64-35-19-20-36-68(64)82(71(65)50-58)73-49-56(41-43-79-73)76(4,5)6/h10-51H,1-9H3. The molecule has 0 bridgehead atoms. The normalized spacial score (nSPS) is 12.3. The molecule has 0 unspecified atom stereocenters. The van der Waals surface area contributed by atoms with Gasteiger partial charge in [0.2, 0.25) is 0 Å². The molecule has 0 radical (unpaired) electrons. The van der Waals surface area contributed by atoms with Crippen molar-refractivity contribution in [3.63, 3.8) is 0 Å². The van der Waals surface area contributed by atoms with E-state index < -0.39 is 8.07 Å². The highest BCUT2D eigenvalue weighted by atomic mass is 28.3. The van der Waals surface area contributed by atoms with Crippen LogP contribution in [0, 0.1) is 6.33 Å². The van der Waals surface area contributed by atoms with Gasteiger partial charge in [0.15, 0.2) is 13.9 Å². The summed E-state index contributed by atoms with van der Waals surface area (Å²) in [5.41, 5.74) is 13.0. The lowest BCUT2D eigenvalue weighted by atomic mass is 9.81. The van der Waals surface area contributed by atoms with Gasteiger partial charge >= 0.3 is 0 Å². The van der Waals surface area contributed by atoms with Crippen molar-refractivity contribution in [1.29, 1.82) is 0 Å². The summed E-state index contributed by atoms with van der Waals surface area (Å²) >= 11 is 0. The first-order valence-corrected chi connectivity index (χ1v) is 31.2. The van der Waals surface area contributed by atoms with Gasteiger partial charge in [0, 0.05) is 35.3 Å². The molecule has 7 heteroatoms. The Morgan fingerprint density at radius 1 is 0.393 bits per heavy atom. The fourth-order valence-electron chi connectivity index (χ4n) is 12.3. The van der Waals surface area contributed by atoms with Crippen molar-refractivity contribution in [2.45, 2.75) is 78.6 Å². The quantitative estimate of drug-likeness (QED) is 0.0561. The molecular weight excluding hydrogens is 1040 g/mol. The summed E-state index contributed by atoms with van der Waals surface area (Å²) in [6.07, 6.45) is 7.70. The van der Waals surface area contributed by atoms with E-state index in [9.17, 15) is 0 Å². The van der Waals surface area contributed by atoms with Crippen LogP contribution in [0.1, 0.15) is 79.0 Å². The lowest BCUT2D eigenvalue weighted by molar-refractivity contribution is -0.571. The van der Waals surface area contributed by atoms with Crippen molar-refractivity contribution in [2.75, 3.05) is 0 Å². The van der Waals surface area contributed by atoms with E-state index in [-0.39, 0.29) is 16.2 Å². The molecule has 0 spiro atoms. The SMILES string of the molecule is CC(C)(C)c1cccc(-c2cc(C(C)(C)C)cc(-c3cccc([Si](c4ccccc4)(c4ccccc4)c4ccccc4)c3)c2-[n+]2[c-]n(-c3cc(Oc4ccc5c6ccccc6n(-c6cc(C(C)(C)C)ccn6)c5c4)ccn3)c3ccccc32)c1. The Hall–Kier alpha value is -9.43. The van der Waals surface area contributed by atoms with Crippen molar-refractivity contribution in [2.24, 2.45) is 0 Å². The van der Waals surface area contributed by atoms with Crippen molar-refractivity contribution in [3.8, 4) is 51.1 Å². The molecule has 0 N–H and O–H groups in total. The fraction of sp³-hybridized carbons (Fsp3) is 0.156. The highest BCUT2D eigenvalue weighted by Gasteiger charge is 2.41. The smallest absolute Gasteiger partial charge is 0.271 e.